The van der Waals surface area contributed by atoms with Crippen molar-refractivity contribution < 1.29 is 0 Å². The van der Waals surface area contributed by atoms with Gasteiger partial charge in [-0.05, 0) is 49.8 Å². The zero-order chi connectivity index (χ0) is 22.1. The fourth-order valence-electron chi connectivity index (χ4n) is 4.19. The molecule has 178 valence electrons. The topological polar surface area (TPSA) is 58.3 Å². The van der Waals surface area contributed by atoms with Crippen LogP contribution in [0, 0.1) is 11.8 Å². The molecule has 1 aliphatic heterocycles. The molecule has 6 nitrogen and oxygen atoms in total. The second kappa shape index (κ2) is 14.1. The standard InChI is InChI=1S/C24H38N6S.HI/c1-5-25-23(29-15-13-21(18-29)16-20-10-7-6-8-11-20)26-14-9-12-22-27-28-24(31-4)30(22)17-19(2)3;/h6-8,10-11,19,21H,5,9,12-18H2,1-4H3,(H,25,26);1H. The van der Waals surface area contributed by atoms with Gasteiger partial charge in [-0.2, -0.15) is 0 Å². The van der Waals surface area contributed by atoms with E-state index in [9.17, 15) is 0 Å². The van der Waals surface area contributed by atoms with E-state index >= 15 is 0 Å². The molecule has 0 amide bonds. The van der Waals surface area contributed by atoms with Crippen LogP contribution in [0.3, 0.4) is 0 Å². The van der Waals surface area contributed by atoms with Gasteiger partial charge < -0.3 is 14.8 Å². The number of hydrogen-bond donors (Lipinski definition) is 1. The molecular formula is C24H39IN6S. The zero-order valence-corrected chi connectivity index (χ0v) is 23.1. The lowest BCUT2D eigenvalue weighted by Gasteiger charge is -2.21. The average Bonchev–Trinajstić information content (AvgIpc) is 3.37. The molecule has 32 heavy (non-hydrogen) atoms. The number of nitrogens with one attached hydrogen (secondary N) is 1. The van der Waals surface area contributed by atoms with Crippen LogP contribution in [0.5, 0.6) is 0 Å². The van der Waals surface area contributed by atoms with E-state index in [-0.39, 0.29) is 24.0 Å². The molecule has 0 aliphatic carbocycles. The first-order valence-electron chi connectivity index (χ1n) is 11.6. The maximum absolute atomic E-state index is 4.94. The van der Waals surface area contributed by atoms with Crippen LogP contribution >= 0.6 is 35.7 Å². The first kappa shape index (κ1) is 27.0. The molecule has 2 aromatic rings. The summed E-state index contributed by atoms with van der Waals surface area (Å²) in [5.41, 5.74) is 1.44. The number of guanidine groups is 1. The monoisotopic (exact) mass is 570 g/mol. The van der Waals surface area contributed by atoms with Crippen LogP contribution in [0.2, 0.25) is 0 Å². The van der Waals surface area contributed by atoms with Crippen molar-refractivity contribution in [1.82, 2.24) is 25.0 Å². The molecule has 3 rings (SSSR count). The predicted molar refractivity (Wildman–Crippen MR) is 146 cm³/mol. The minimum Gasteiger partial charge on any atom is -0.357 e. The van der Waals surface area contributed by atoms with Gasteiger partial charge in [-0.1, -0.05) is 55.9 Å². The molecule has 1 fully saturated rings. The lowest BCUT2D eigenvalue weighted by molar-refractivity contribution is 0.459. The van der Waals surface area contributed by atoms with Crippen molar-refractivity contribution in [3.8, 4) is 0 Å². The largest absolute Gasteiger partial charge is 0.357 e. The van der Waals surface area contributed by atoms with E-state index in [1.807, 2.05) is 0 Å². The second-order valence-corrected chi connectivity index (χ2v) is 9.51. The summed E-state index contributed by atoms with van der Waals surface area (Å²) >= 11 is 1.67. The number of halogens is 1. The van der Waals surface area contributed by atoms with Crippen molar-refractivity contribution in [1.29, 1.82) is 0 Å². The van der Waals surface area contributed by atoms with Gasteiger partial charge in [0.15, 0.2) is 11.1 Å². The summed E-state index contributed by atoms with van der Waals surface area (Å²) < 4.78 is 2.28. The van der Waals surface area contributed by atoms with Gasteiger partial charge >= 0.3 is 0 Å². The Balaban J connectivity index is 0.00000363. The van der Waals surface area contributed by atoms with Crippen LogP contribution in [0.25, 0.3) is 0 Å². The fourth-order valence-corrected chi connectivity index (χ4v) is 4.71. The van der Waals surface area contributed by atoms with Crippen LogP contribution < -0.4 is 5.32 Å². The third kappa shape index (κ3) is 7.93. The highest BCUT2D eigenvalue weighted by Gasteiger charge is 2.25. The number of aromatic nitrogens is 3. The molecule has 0 radical (unpaired) electrons. The van der Waals surface area contributed by atoms with Crippen molar-refractivity contribution in [2.24, 2.45) is 16.8 Å². The summed E-state index contributed by atoms with van der Waals surface area (Å²) in [4.78, 5) is 7.37. The van der Waals surface area contributed by atoms with E-state index in [2.05, 4.69) is 82.3 Å². The van der Waals surface area contributed by atoms with Crippen LogP contribution in [-0.2, 0) is 19.4 Å². The Morgan fingerprint density at radius 2 is 2.03 bits per heavy atom. The number of hydrogen-bond acceptors (Lipinski definition) is 4. The smallest absolute Gasteiger partial charge is 0.193 e. The first-order chi connectivity index (χ1) is 15.1. The molecule has 8 heteroatoms. The van der Waals surface area contributed by atoms with Crippen molar-refractivity contribution in [3.05, 3.63) is 41.7 Å². The van der Waals surface area contributed by atoms with E-state index in [4.69, 9.17) is 4.99 Å². The summed E-state index contributed by atoms with van der Waals surface area (Å²) in [6.07, 6.45) is 6.36. The van der Waals surface area contributed by atoms with Crippen molar-refractivity contribution >= 4 is 41.7 Å². The normalized spacial score (nSPS) is 16.5. The Hall–Kier alpha value is -1.29. The third-order valence-electron chi connectivity index (χ3n) is 5.63. The number of thioether (sulfide) groups is 1. The minimum atomic E-state index is 0. The summed E-state index contributed by atoms with van der Waals surface area (Å²) in [6.45, 7) is 11.5. The maximum atomic E-state index is 4.94. The quantitative estimate of drug-likeness (QED) is 0.147. The van der Waals surface area contributed by atoms with Crippen LogP contribution in [0.1, 0.15) is 45.0 Å². The first-order valence-corrected chi connectivity index (χ1v) is 12.9. The van der Waals surface area contributed by atoms with Crippen molar-refractivity contribution in [2.75, 3.05) is 32.4 Å². The van der Waals surface area contributed by atoms with Gasteiger partial charge in [0.05, 0.1) is 0 Å². The van der Waals surface area contributed by atoms with E-state index in [1.165, 1.54) is 12.0 Å². The summed E-state index contributed by atoms with van der Waals surface area (Å²) in [7, 11) is 0. The van der Waals surface area contributed by atoms with E-state index < -0.39 is 0 Å². The highest BCUT2D eigenvalue weighted by Crippen LogP contribution is 2.21. The van der Waals surface area contributed by atoms with E-state index in [0.717, 1.165) is 68.9 Å². The Morgan fingerprint density at radius 1 is 1.25 bits per heavy atom. The molecule has 2 heterocycles. The molecular weight excluding hydrogens is 531 g/mol. The van der Waals surface area contributed by atoms with Gasteiger partial charge in [-0.3, -0.25) is 4.99 Å². The summed E-state index contributed by atoms with van der Waals surface area (Å²) in [5.74, 6) is 3.43. The van der Waals surface area contributed by atoms with E-state index in [1.54, 1.807) is 11.8 Å². The number of aryl methyl sites for hydroxylation is 1. The Bertz CT molecular complexity index is 823. The molecule has 1 saturated heterocycles. The molecule has 1 unspecified atom stereocenters. The van der Waals surface area contributed by atoms with Gasteiger partial charge in [0.25, 0.3) is 0 Å². The molecule has 1 aliphatic rings. The number of likely N-dealkylation sites (tertiary alicyclic amines) is 1. The number of rotatable bonds is 10. The third-order valence-corrected chi connectivity index (χ3v) is 6.30. The van der Waals surface area contributed by atoms with Gasteiger partial charge in [-0.25, -0.2) is 0 Å². The second-order valence-electron chi connectivity index (χ2n) is 8.74. The SMILES string of the molecule is CCNC(=NCCCc1nnc(SC)n1CC(C)C)N1CCC(Cc2ccccc2)C1.I. The van der Waals surface area contributed by atoms with Crippen LogP contribution in [-0.4, -0.2) is 58.1 Å². The lowest BCUT2D eigenvalue weighted by Crippen LogP contribution is -2.40. The minimum absolute atomic E-state index is 0. The molecule has 1 N–H and O–H groups in total. The highest BCUT2D eigenvalue weighted by molar-refractivity contribution is 14.0. The lowest BCUT2D eigenvalue weighted by atomic mass is 9.99. The van der Waals surface area contributed by atoms with Crippen molar-refractivity contribution in [2.45, 2.75) is 58.2 Å². The summed E-state index contributed by atoms with van der Waals surface area (Å²) in [6, 6.07) is 10.8. The summed E-state index contributed by atoms with van der Waals surface area (Å²) in [5, 5.41) is 13.3. The predicted octanol–water partition coefficient (Wildman–Crippen LogP) is 4.74. The van der Waals surface area contributed by atoms with E-state index in [0.29, 0.717) is 11.8 Å². The molecule has 0 saturated carbocycles. The fraction of sp³-hybridized carbons (Fsp3) is 0.625. The van der Waals surface area contributed by atoms with Gasteiger partial charge in [0.2, 0.25) is 0 Å². The Kier molecular flexibility index (Phi) is 11.9. The van der Waals surface area contributed by atoms with Crippen LogP contribution in [0.15, 0.2) is 40.5 Å². The van der Waals surface area contributed by atoms with Crippen LogP contribution in [0.4, 0.5) is 0 Å². The Labute approximate surface area is 215 Å². The number of nitrogens with zero attached hydrogens (tertiary/aromatic N) is 5. The molecule has 1 aromatic heterocycles. The zero-order valence-electron chi connectivity index (χ0n) is 20.0. The Morgan fingerprint density at radius 3 is 2.72 bits per heavy atom. The molecule has 0 spiro atoms. The molecule has 0 bridgehead atoms. The maximum Gasteiger partial charge on any atom is 0.193 e. The number of aliphatic imine (C=N–C) groups is 1. The number of benzene rings is 1. The van der Waals surface area contributed by atoms with Crippen molar-refractivity contribution in [3.63, 3.8) is 0 Å². The van der Waals surface area contributed by atoms with Gasteiger partial charge in [0, 0.05) is 39.1 Å². The average molecular weight is 571 g/mol. The van der Waals surface area contributed by atoms with Gasteiger partial charge in [-0.15, -0.1) is 34.2 Å². The molecule has 1 aromatic carbocycles. The molecule has 1 atom stereocenters. The highest BCUT2D eigenvalue weighted by atomic mass is 127. The van der Waals surface area contributed by atoms with Gasteiger partial charge in [0.1, 0.15) is 5.82 Å².